The van der Waals surface area contributed by atoms with Crippen molar-refractivity contribution in [2.24, 2.45) is 10.3 Å². The van der Waals surface area contributed by atoms with Crippen molar-refractivity contribution in [3.63, 3.8) is 0 Å². The van der Waals surface area contributed by atoms with Crippen LogP contribution in [0.4, 0.5) is 4.39 Å². The molecular weight excluding hydrogens is 273 g/mol. The SMILES string of the molecule is C#CC(=NSc1cccc(F)c1)OCC1CCCCC1. The zero-order valence-corrected chi connectivity index (χ0v) is 12.2. The van der Waals surface area contributed by atoms with Gasteiger partial charge in [-0.25, -0.2) is 4.39 Å². The average Bonchev–Trinajstić information content (AvgIpc) is 2.48. The van der Waals surface area contributed by atoms with Crippen molar-refractivity contribution in [3.05, 3.63) is 30.1 Å². The van der Waals surface area contributed by atoms with Crippen LogP contribution in [-0.4, -0.2) is 12.5 Å². The first-order valence-corrected chi connectivity index (χ1v) is 7.65. The Labute approximate surface area is 124 Å². The Morgan fingerprint density at radius 2 is 2.20 bits per heavy atom. The lowest BCUT2D eigenvalue weighted by Gasteiger charge is -2.21. The molecule has 0 aromatic heterocycles. The molecule has 1 fully saturated rings. The molecule has 0 amide bonds. The van der Waals surface area contributed by atoms with Crippen molar-refractivity contribution in [2.75, 3.05) is 6.61 Å². The lowest BCUT2D eigenvalue weighted by Crippen LogP contribution is -2.15. The number of nitrogens with zero attached hydrogens (tertiary/aromatic N) is 1. The molecule has 0 bridgehead atoms. The maximum atomic E-state index is 13.0. The van der Waals surface area contributed by atoms with Gasteiger partial charge in [-0.3, -0.25) is 0 Å². The van der Waals surface area contributed by atoms with Crippen molar-refractivity contribution in [3.8, 4) is 12.3 Å². The molecule has 4 heteroatoms. The highest BCUT2D eigenvalue weighted by molar-refractivity contribution is 7.98. The fraction of sp³-hybridized carbons (Fsp3) is 0.438. The summed E-state index contributed by atoms with van der Waals surface area (Å²) in [5, 5.41) is 0. The van der Waals surface area contributed by atoms with Crippen LogP contribution in [0.3, 0.4) is 0 Å². The van der Waals surface area contributed by atoms with Crippen molar-refractivity contribution < 1.29 is 9.13 Å². The average molecular weight is 291 g/mol. The van der Waals surface area contributed by atoms with E-state index in [0.717, 1.165) is 11.9 Å². The first kappa shape index (κ1) is 14.9. The van der Waals surface area contributed by atoms with Crippen LogP contribution in [0.25, 0.3) is 0 Å². The molecule has 2 rings (SSSR count). The number of terminal acetylenes is 1. The summed E-state index contributed by atoms with van der Waals surface area (Å²) in [6.07, 6.45) is 11.7. The van der Waals surface area contributed by atoms with Crippen molar-refractivity contribution >= 4 is 17.8 Å². The van der Waals surface area contributed by atoms with Crippen LogP contribution in [0.2, 0.25) is 0 Å². The quantitative estimate of drug-likeness (QED) is 0.353. The summed E-state index contributed by atoms with van der Waals surface area (Å²) >= 11 is 1.13. The molecule has 0 spiro atoms. The number of benzene rings is 1. The number of rotatable bonds is 4. The normalized spacial score (nSPS) is 16.7. The van der Waals surface area contributed by atoms with E-state index < -0.39 is 0 Å². The molecule has 0 atom stereocenters. The molecule has 1 saturated carbocycles. The molecule has 0 aliphatic heterocycles. The fourth-order valence-corrected chi connectivity index (χ4v) is 2.86. The largest absolute Gasteiger partial charge is 0.471 e. The van der Waals surface area contributed by atoms with Crippen molar-refractivity contribution in [1.29, 1.82) is 0 Å². The second-order valence-electron chi connectivity index (χ2n) is 4.90. The van der Waals surface area contributed by atoms with Gasteiger partial charge >= 0.3 is 0 Å². The summed E-state index contributed by atoms with van der Waals surface area (Å²) in [5.41, 5.74) is 0. The fourth-order valence-electron chi connectivity index (χ4n) is 2.26. The Morgan fingerprint density at radius 1 is 1.40 bits per heavy atom. The van der Waals surface area contributed by atoms with Crippen LogP contribution in [0, 0.1) is 24.1 Å². The standard InChI is InChI=1S/C16H18FNOS/c1-2-16(19-12-13-7-4-3-5-8-13)18-20-15-10-6-9-14(17)11-15/h1,6,9-11,13H,3-5,7-8,12H2. The summed E-state index contributed by atoms with van der Waals surface area (Å²) in [7, 11) is 0. The predicted octanol–water partition coefficient (Wildman–Crippen LogP) is 4.46. The highest BCUT2D eigenvalue weighted by atomic mass is 32.2. The van der Waals surface area contributed by atoms with Crippen LogP contribution >= 0.6 is 11.9 Å². The summed E-state index contributed by atoms with van der Waals surface area (Å²) < 4.78 is 22.8. The Kier molecular flexibility index (Phi) is 5.94. The number of hydrogen-bond donors (Lipinski definition) is 0. The van der Waals surface area contributed by atoms with E-state index in [0.29, 0.717) is 17.4 Å². The predicted molar refractivity (Wildman–Crippen MR) is 81.1 cm³/mol. The molecule has 20 heavy (non-hydrogen) atoms. The van der Waals surface area contributed by atoms with E-state index in [1.807, 2.05) is 0 Å². The van der Waals surface area contributed by atoms with Crippen LogP contribution in [-0.2, 0) is 4.74 Å². The summed E-state index contributed by atoms with van der Waals surface area (Å²) in [6.45, 7) is 0.632. The molecule has 1 aliphatic carbocycles. The zero-order valence-electron chi connectivity index (χ0n) is 11.3. The van der Waals surface area contributed by atoms with Gasteiger partial charge in [0.2, 0.25) is 0 Å². The third-order valence-electron chi connectivity index (χ3n) is 3.33. The molecule has 106 valence electrons. The Hall–Kier alpha value is -1.47. The van der Waals surface area contributed by atoms with Gasteiger partial charge in [-0.2, -0.15) is 4.40 Å². The van der Waals surface area contributed by atoms with Crippen LogP contribution in [0.1, 0.15) is 32.1 Å². The smallest absolute Gasteiger partial charge is 0.275 e. The molecule has 1 aliphatic rings. The minimum atomic E-state index is -0.282. The molecular formula is C16H18FNOS. The minimum absolute atomic E-state index is 0.282. The summed E-state index contributed by atoms with van der Waals surface area (Å²) in [6, 6.07) is 6.25. The third kappa shape index (κ3) is 4.90. The molecule has 0 radical (unpaired) electrons. The van der Waals surface area contributed by atoms with Crippen LogP contribution < -0.4 is 0 Å². The van der Waals surface area contributed by atoms with E-state index in [2.05, 4.69) is 10.3 Å². The molecule has 0 unspecified atom stereocenters. The van der Waals surface area contributed by atoms with Crippen molar-refractivity contribution in [2.45, 2.75) is 37.0 Å². The Balaban J connectivity index is 1.84. The van der Waals surface area contributed by atoms with E-state index in [9.17, 15) is 4.39 Å². The van der Waals surface area contributed by atoms with Gasteiger partial charge in [-0.05, 0) is 42.9 Å². The maximum absolute atomic E-state index is 13.0. The maximum Gasteiger partial charge on any atom is 0.275 e. The van der Waals surface area contributed by atoms with Gasteiger partial charge in [-0.15, -0.1) is 6.42 Å². The Bertz CT molecular complexity index is 503. The lowest BCUT2D eigenvalue weighted by atomic mass is 9.90. The molecule has 0 N–H and O–H groups in total. The molecule has 1 aromatic rings. The first-order chi connectivity index (χ1) is 9.78. The second-order valence-corrected chi connectivity index (χ2v) is 5.74. The van der Waals surface area contributed by atoms with E-state index >= 15 is 0 Å². The minimum Gasteiger partial charge on any atom is -0.471 e. The topological polar surface area (TPSA) is 21.6 Å². The van der Waals surface area contributed by atoms with Gasteiger partial charge < -0.3 is 4.74 Å². The number of hydrogen-bond acceptors (Lipinski definition) is 3. The summed E-state index contributed by atoms with van der Waals surface area (Å²) in [4.78, 5) is 0.707. The molecule has 1 aromatic carbocycles. The van der Waals surface area contributed by atoms with Crippen LogP contribution in [0.5, 0.6) is 0 Å². The van der Waals surface area contributed by atoms with Gasteiger partial charge in [0.15, 0.2) is 0 Å². The van der Waals surface area contributed by atoms with Crippen molar-refractivity contribution in [1.82, 2.24) is 0 Å². The van der Waals surface area contributed by atoms with E-state index in [1.54, 1.807) is 12.1 Å². The number of halogens is 1. The first-order valence-electron chi connectivity index (χ1n) is 6.88. The van der Waals surface area contributed by atoms with Gasteiger partial charge in [0, 0.05) is 16.8 Å². The molecule has 2 nitrogen and oxygen atoms in total. The highest BCUT2D eigenvalue weighted by Crippen LogP contribution is 2.24. The number of ether oxygens (including phenoxy) is 1. The van der Waals surface area contributed by atoms with E-state index in [4.69, 9.17) is 11.2 Å². The van der Waals surface area contributed by atoms with Gasteiger partial charge in [-0.1, -0.05) is 25.3 Å². The monoisotopic (exact) mass is 291 g/mol. The third-order valence-corrected chi connectivity index (χ3v) is 4.06. The Morgan fingerprint density at radius 3 is 2.90 bits per heavy atom. The lowest BCUT2D eigenvalue weighted by molar-refractivity contribution is 0.202. The highest BCUT2D eigenvalue weighted by Gasteiger charge is 2.14. The van der Waals surface area contributed by atoms with Gasteiger partial charge in [0.1, 0.15) is 5.82 Å². The van der Waals surface area contributed by atoms with Crippen LogP contribution in [0.15, 0.2) is 33.6 Å². The van der Waals surface area contributed by atoms with E-state index in [-0.39, 0.29) is 11.7 Å². The molecule has 0 heterocycles. The van der Waals surface area contributed by atoms with Gasteiger partial charge in [0.25, 0.3) is 5.90 Å². The molecule has 0 saturated heterocycles. The zero-order chi connectivity index (χ0) is 14.2. The second kappa shape index (κ2) is 7.96. The van der Waals surface area contributed by atoms with E-state index in [1.165, 1.54) is 44.2 Å². The van der Waals surface area contributed by atoms with Gasteiger partial charge in [0.05, 0.1) is 6.61 Å². The summed E-state index contributed by atoms with van der Waals surface area (Å²) in [5.74, 6) is 3.02.